The first-order chi connectivity index (χ1) is 17.4. The number of amidine groups is 1. The van der Waals surface area contributed by atoms with Crippen LogP contribution in [0.1, 0.15) is 5.56 Å². The highest BCUT2D eigenvalue weighted by molar-refractivity contribution is 6.03. The third-order valence-corrected chi connectivity index (χ3v) is 6.64. The van der Waals surface area contributed by atoms with E-state index in [9.17, 15) is 4.39 Å². The summed E-state index contributed by atoms with van der Waals surface area (Å²) in [5, 5.41) is 3.41. The van der Waals surface area contributed by atoms with Crippen LogP contribution in [0, 0.1) is 5.82 Å². The second kappa shape index (κ2) is 9.99. The molecule has 3 aromatic rings. The van der Waals surface area contributed by atoms with Crippen molar-refractivity contribution in [3.63, 3.8) is 0 Å². The summed E-state index contributed by atoms with van der Waals surface area (Å²) in [5.41, 5.74) is 6.04. The molecular weight excluding hydrogens is 453 g/mol. The van der Waals surface area contributed by atoms with Gasteiger partial charge in [-0.25, -0.2) is 14.4 Å². The number of imidazole rings is 1. The van der Waals surface area contributed by atoms with Crippen LogP contribution in [-0.2, 0) is 0 Å². The molecule has 0 bridgehead atoms. The molecule has 2 aromatic carbocycles. The monoisotopic (exact) mass is 485 g/mol. The van der Waals surface area contributed by atoms with E-state index in [1.165, 1.54) is 6.07 Å². The van der Waals surface area contributed by atoms with Crippen molar-refractivity contribution in [1.82, 2.24) is 25.1 Å². The molecule has 7 nitrogen and oxygen atoms in total. The summed E-state index contributed by atoms with van der Waals surface area (Å²) in [5.74, 6) is 1.02. The smallest absolute Gasteiger partial charge is 0.141 e. The summed E-state index contributed by atoms with van der Waals surface area (Å²) in [6, 6.07) is 11.0. The summed E-state index contributed by atoms with van der Waals surface area (Å²) in [4.78, 5) is 19.5. The van der Waals surface area contributed by atoms with Crippen LogP contribution in [-0.4, -0.2) is 79.5 Å². The van der Waals surface area contributed by atoms with Gasteiger partial charge >= 0.3 is 0 Å². The number of rotatable bonds is 6. The molecule has 3 heterocycles. The van der Waals surface area contributed by atoms with Gasteiger partial charge in [-0.1, -0.05) is 12.7 Å². The van der Waals surface area contributed by atoms with Crippen LogP contribution in [0.25, 0.3) is 22.4 Å². The number of aliphatic imine (C=N–C) groups is 1. The maximum absolute atomic E-state index is 14.6. The number of piperazine rings is 1. The van der Waals surface area contributed by atoms with Gasteiger partial charge in [0.1, 0.15) is 17.5 Å². The van der Waals surface area contributed by atoms with Crippen molar-refractivity contribution in [3.8, 4) is 11.4 Å². The third-order valence-electron chi connectivity index (χ3n) is 6.64. The summed E-state index contributed by atoms with van der Waals surface area (Å²) in [6.07, 6.45) is 6.02. The fourth-order valence-corrected chi connectivity index (χ4v) is 4.50. The molecule has 2 N–H and O–H groups in total. The summed E-state index contributed by atoms with van der Waals surface area (Å²) in [6.45, 7) is 8.60. The zero-order valence-electron chi connectivity index (χ0n) is 21.1. The maximum atomic E-state index is 14.6. The van der Waals surface area contributed by atoms with Gasteiger partial charge < -0.3 is 25.0 Å². The number of hydrogen-bond acceptors (Lipinski definition) is 6. The van der Waals surface area contributed by atoms with Gasteiger partial charge in [-0.05, 0) is 55.6 Å². The number of aromatic nitrogens is 2. The van der Waals surface area contributed by atoms with Crippen molar-refractivity contribution in [3.05, 3.63) is 84.0 Å². The standard InChI is InChI=1S/C28H32FN7/c1-5-6-22(36-13-11-35(4)12-14-36)16-20-18-30-27(31-20)19-7-10-25-26(15-19)33-28(32-25)23-17-21(34(2)3)8-9-24(23)29/h5-10,15-17H,1,11-14,18H2,2-4H3,(H,30,31)(H,32,33)/b20-16+,22-6+. The number of likely N-dealkylation sites (N-methyl/N-ethyl adjacent to an activating group) is 1. The number of anilines is 1. The van der Waals surface area contributed by atoms with Crippen LogP contribution < -0.4 is 10.2 Å². The quantitative estimate of drug-likeness (QED) is 0.517. The average Bonchev–Trinajstić information content (AvgIpc) is 3.51. The lowest BCUT2D eigenvalue weighted by molar-refractivity contribution is 0.190. The van der Waals surface area contributed by atoms with Crippen LogP contribution >= 0.6 is 0 Å². The van der Waals surface area contributed by atoms with Gasteiger partial charge in [-0.3, -0.25) is 0 Å². The average molecular weight is 486 g/mol. The lowest BCUT2D eigenvalue weighted by atomic mass is 10.1. The number of H-pyrrole nitrogens is 1. The van der Waals surface area contributed by atoms with Crippen LogP contribution in [0.5, 0.6) is 0 Å². The molecule has 0 atom stereocenters. The van der Waals surface area contributed by atoms with Crippen LogP contribution in [0.4, 0.5) is 10.1 Å². The van der Waals surface area contributed by atoms with E-state index in [1.54, 1.807) is 6.07 Å². The van der Waals surface area contributed by atoms with Crippen molar-refractivity contribution < 1.29 is 4.39 Å². The highest BCUT2D eigenvalue weighted by Gasteiger charge is 2.19. The second-order valence-electron chi connectivity index (χ2n) is 9.44. The van der Waals surface area contributed by atoms with Crippen molar-refractivity contribution in [2.45, 2.75) is 0 Å². The Morgan fingerprint density at radius 1 is 1.11 bits per heavy atom. The Morgan fingerprint density at radius 3 is 2.67 bits per heavy atom. The SMILES string of the molecule is C=C/C=C(\C=C1/CNC(c2ccc3[nH]c(-c4cc(N(C)C)ccc4F)nc3c2)=N1)N1CCN(C)CC1. The van der Waals surface area contributed by atoms with Crippen molar-refractivity contribution in [1.29, 1.82) is 0 Å². The zero-order valence-corrected chi connectivity index (χ0v) is 21.1. The molecule has 5 rings (SSSR count). The molecule has 0 aliphatic carbocycles. The minimum absolute atomic E-state index is 0.305. The molecular formula is C28H32FN7. The van der Waals surface area contributed by atoms with Gasteiger partial charge in [0.15, 0.2) is 0 Å². The van der Waals surface area contributed by atoms with Crippen molar-refractivity contribution >= 4 is 22.6 Å². The molecule has 36 heavy (non-hydrogen) atoms. The van der Waals surface area contributed by atoms with Gasteiger partial charge in [-0.2, -0.15) is 0 Å². The predicted molar refractivity (Wildman–Crippen MR) is 146 cm³/mol. The predicted octanol–water partition coefficient (Wildman–Crippen LogP) is 3.99. The zero-order chi connectivity index (χ0) is 25.2. The highest BCUT2D eigenvalue weighted by Crippen LogP contribution is 2.28. The molecule has 1 saturated heterocycles. The molecule has 2 aliphatic rings. The number of benzene rings is 2. The second-order valence-corrected chi connectivity index (χ2v) is 9.44. The van der Waals surface area contributed by atoms with E-state index in [4.69, 9.17) is 9.98 Å². The summed E-state index contributed by atoms with van der Waals surface area (Å²) in [7, 11) is 6.02. The van der Waals surface area contributed by atoms with Gasteiger partial charge in [0.05, 0.1) is 28.8 Å². The van der Waals surface area contributed by atoms with E-state index in [1.807, 2.05) is 55.4 Å². The molecule has 2 aliphatic heterocycles. The molecule has 0 radical (unpaired) electrons. The molecule has 0 unspecified atom stereocenters. The first kappa shape index (κ1) is 23.8. The summed E-state index contributed by atoms with van der Waals surface area (Å²) >= 11 is 0. The first-order valence-electron chi connectivity index (χ1n) is 12.2. The lowest BCUT2D eigenvalue weighted by Gasteiger charge is -2.34. The molecule has 1 fully saturated rings. The normalized spacial score (nSPS) is 18.0. The Morgan fingerprint density at radius 2 is 1.92 bits per heavy atom. The van der Waals surface area contributed by atoms with Crippen LogP contribution in [0.2, 0.25) is 0 Å². The maximum Gasteiger partial charge on any atom is 0.141 e. The fourth-order valence-electron chi connectivity index (χ4n) is 4.50. The van der Waals surface area contributed by atoms with Crippen molar-refractivity contribution in [2.24, 2.45) is 4.99 Å². The number of hydrogen-bond donors (Lipinski definition) is 2. The van der Waals surface area contributed by atoms with Crippen molar-refractivity contribution in [2.75, 3.05) is 58.8 Å². The van der Waals surface area contributed by atoms with Gasteiger partial charge in [0.2, 0.25) is 0 Å². The number of nitrogens with zero attached hydrogens (tertiary/aromatic N) is 5. The third kappa shape index (κ3) is 4.90. The number of nitrogens with one attached hydrogen (secondary N) is 2. The van der Waals surface area contributed by atoms with E-state index < -0.39 is 0 Å². The Balaban J connectivity index is 1.41. The number of fused-ring (bicyclic) bond motifs is 1. The molecule has 0 saturated carbocycles. The molecule has 1 aromatic heterocycles. The first-order valence-corrected chi connectivity index (χ1v) is 12.2. The Kier molecular flexibility index (Phi) is 6.61. The molecule has 8 heteroatoms. The topological polar surface area (TPSA) is 62.8 Å². The molecule has 186 valence electrons. The van der Waals surface area contributed by atoms with Gasteiger partial charge in [0.25, 0.3) is 0 Å². The highest BCUT2D eigenvalue weighted by atomic mass is 19.1. The van der Waals surface area contributed by atoms with E-state index in [0.717, 1.165) is 65.7 Å². The minimum Gasteiger partial charge on any atom is -0.378 e. The van der Waals surface area contributed by atoms with E-state index in [2.05, 4.69) is 39.8 Å². The number of halogens is 1. The van der Waals surface area contributed by atoms with Gasteiger partial charge in [-0.15, -0.1) is 0 Å². The van der Waals surface area contributed by atoms with E-state index in [0.29, 0.717) is 17.9 Å². The van der Waals surface area contributed by atoms with E-state index in [-0.39, 0.29) is 5.82 Å². The van der Waals surface area contributed by atoms with Crippen LogP contribution in [0.15, 0.2) is 77.6 Å². The number of allylic oxidation sites excluding steroid dienone is 3. The Bertz CT molecular complexity index is 1370. The fraction of sp³-hybridized carbons (Fsp3) is 0.286. The Hall–Kier alpha value is -3.91. The van der Waals surface area contributed by atoms with E-state index >= 15 is 0 Å². The lowest BCUT2D eigenvalue weighted by Crippen LogP contribution is -2.43. The molecule has 0 spiro atoms. The Labute approximate surface area is 211 Å². The molecule has 0 amide bonds. The van der Waals surface area contributed by atoms with Gasteiger partial charge in [0, 0.05) is 57.2 Å². The largest absolute Gasteiger partial charge is 0.378 e. The van der Waals surface area contributed by atoms with Crippen LogP contribution in [0.3, 0.4) is 0 Å². The number of aromatic amines is 1. The minimum atomic E-state index is -0.305. The summed E-state index contributed by atoms with van der Waals surface area (Å²) < 4.78 is 14.6.